The molecule has 1 aliphatic heterocycles. The first-order chi connectivity index (χ1) is 12.7. The van der Waals surface area contributed by atoms with Gasteiger partial charge in [0.25, 0.3) is 5.91 Å². The minimum absolute atomic E-state index is 0.0940. The smallest absolute Gasteiger partial charge is 0.289 e. The average molecular weight is 368 g/mol. The van der Waals surface area contributed by atoms with E-state index in [1.54, 1.807) is 24.3 Å². The molecule has 2 heterocycles. The molecule has 0 N–H and O–H groups in total. The van der Waals surface area contributed by atoms with E-state index in [2.05, 4.69) is 12.1 Å². The highest BCUT2D eigenvalue weighted by atomic mass is 35.5. The largest absolute Gasteiger partial charge is 0.484 e. The summed E-state index contributed by atoms with van der Waals surface area (Å²) in [7, 11) is 0. The Labute approximate surface area is 156 Å². The summed E-state index contributed by atoms with van der Waals surface area (Å²) in [5.74, 6) is 1.42. The SMILES string of the molecule is O=C(c1ccc(COc2ccccc2Cl)o1)N1CCc2ccccc2C1. The molecule has 132 valence electrons. The third-order valence-electron chi connectivity index (χ3n) is 4.50. The lowest BCUT2D eigenvalue weighted by Crippen LogP contribution is -2.35. The Hall–Kier alpha value is -2.72. The lowest BCUT2D eigenvalue weighted by Gasteiger charge is -2.28. The molecule has 0 bridgehead atoms. The molecule has 4 nitrogen and oxygen atoms in total. The lowest BCUT2D eigenvalue weighted by atomic mass is 10.00. The molecule has 1 aliphatic rings. The molecule has 0 fully saturated rings. The van der Waals surface area contributed by atoms with Gasteiger partial charge in [0.15, 0.2) is 5.76 Å². The van der Waals surface area contributed by atoms with Crippen molar-refractivity contribution in [2.24, 2.45) is 0 Å². The molecule has 0 radical (unpaired) electrons. The molecule has 26 heavy (non-hydrogen) atoms. The van der Waals surface area contributed by atoms with Crippen molar-refractivity contribution in [1.29, 1.82) is 0 Å². The summed E-state index contributed by atoms with van der Waals surface area (Å²) in [6, 6.07) is 19.0. The van der Waals surface area contributed by atoms with E-state index in [1.165, 1.54) is 11.1 Å². The lowest BCUT2D eigenvalue weighted by molar-refractivity contribution is 0.0698. The first kappa shape index (κ1) is 16.7. The van der Waals surface area contributed by atoms with Crippen molar-refractivity contribution in [1.82, 2.24) is 4.90 Å². The van der Waals surface area contributed by atoms with Crippen molar-refractivity contribution in [3.8, 4) is 5.75 Å². The van der Waals surface area contributed by atoms with Crippen molar-refractivity contribution in [2.75, 3.05) is 6.54 Å². The van der Waals surface area contributed by atoms with Crippen molar-refractivity contribution in [3.05, 3.63) is 88.3 Å². The van der Waals surface area contributed by atoms with Gasteiger partial charge in [0.2, 0.25) is 0 Å². The van der Waals surface area contributed by atoms with Crippen LogP contribution in [0.4, 0.5) is 0 Å². The predicted molar refractivity (Wildman–Crippen MR) is 99.4 cm³/mol. The van der Waals surface area contributed by atoms with Crippen LogP contribution in [0.2, 0.25) is 5.02 Å². The Morgan fingerprint density at radius 1 is 1.04 bits per heavy atom. The van der Waals surface area contributed by atoms with Crippen molar-refractivity contribution in [2.45, 2.75) is 19.6 Å². The quantitative estimate of drug-likeness (QED) is 0.670. The minimum atomic E-state index is -0.0940. The van der Waals surface area contributed by atoms with Gasteiger partial charge in [0.1, 0.15) is 18.1 Å². The molecule has 0 atom stereocenters. The van der Waals surface area contributed by atoms with E-state index >= 15 is 0 Å². The number of hydrogen-bond acceptors (Lipinski definition) is 3. The summed E-state index contributed by atoms with van der Waals surface area (Å²) in [5.41, 5.74) is 2.51. The van der Waals surface area contributed by atoms with Crippen molar-refractivity contribution < 1.29 is 13.9 Å². The molecule has 1 amide bonds. The van der Waals surface area contributed by atoms with Gasteiger partial charge in [-0.1, -0.05) is 48.0 Å². The van der Waals surface area contributed by atoms with Gasteiger partial charge in [0.05, 0.1) is 5.02 Å². The molecule has 0 saturated carbocycles. The first-order valence-corrected chi connectivity index (χ1v) is 8.90. The standard InChI is InChI=1S/C21H18ClNO3/c22-18-7-3-4-8-19(18)25-14-17-9-10-20(26-17)21(24)23-12-11-15-5-1-2-6-16(15)13-23/h1-10H,11-14H2. The van der Waals surface area contributed by atoms with Gasteiger partial charge in [-0.25, -0.2) is 0 Å². The molecule has 1 aromatic heterocycles. The third kappa shape index (κ3) is 3.46. The zero-order chi connectivity index (χ0) is 17.9. The Morgan fingerprint density at radius 2 is 1.81 bits per heavy atom. The zero-order valence-corrected chi connectivity index (χ0v) is 14.9. The second kappa shape index (κ2) is 7.26. The highest BCUT2D eigenvalue weighted by molar-refractivity contribution is 6.32. The molecule has 0 spiro atoms. The van der Waals surface area contributed by atoms with Crippen molar-refractivity contribution >= 4 is 17.5 Å². The van der Waals surface area contributed by atoms with E-state index in [0.717, 1.165) is 6.42 Å². The van der Waals surface area contributed by atoms with Crippen LogP contribution in [0.5, 0.6) is 5.75 Å². The van der Waals surface area contributed by atoms with E-state index in [0.29, 0.717) is 35.4 Å². The van der Waals surface area contributed by atoms with Crippen LogP contribution >= 0.6 is 11.6 Å². The fourth-order valence-electron chi connectivity index (χ4n) is 3.11. The number of para-hydroxylation sites is 1. The van der Waals surface area contributed by atoms with Gasteiger partial charge in [-0.3, -0.25) is 4.79 Å². The van der Waals surface area contributed by atoms with Gasteiger partial charge in [-0.15, -0.1) is 0 Å². The zero-order valence-electron chi connectivity index (χ0n) is 14.2. The molecular weight excluding hydrogens is 350 g/mol. The van der Waals surface area contributed by atoms with Crippen LogP contribution in [0.1, 0.15) is 27.4 Å². The number of hydrogen-bond donors (Lipinski definition) is 0. The third-order valence-corrected chi connectivity index (χ3v) is 4.81. The van der Waals surface area contributed by atoms with Gasteiger partial charge in [-0.2, -0.15) is 0 Å². The second-order valence-electron chi connectivity index (χ2n) is 6.23. The fourth-order valence-corrected chi connectivity index (χ4v) is 3.30. The van der Waals surface area contributed by atoms with Crippen molar-refractivity contribution in [3.63, 3.8) is 0 Å². The maximum absolute atomic E-state index is 12.7. The molecule has 0 unspecified atom stereocenters. The van der Waals surface area contributed by atoms with E-state index in [9.17, 15) is 4.79 Å². The van der Waals surface area contributed by atoms with Crippen LogP contribution in [-0.2, 0) is 19.6 Å². The summed E-state index contributed by atoms with van der Waals surface area (Å²) < 4.78 is 11.3. The molecule has 3 aromatic rings. The molecule has 2 aromatic carbocycles. The van der Waals surface area contributed by atoms with Gasteiger partial charge >= 0.3 is 0 Å². The fraction of sp³-hybridized carbons (Fsp3) is 0.190. The van der Waals surface area contributed by atoms with E-state index < -0.39 is 0 Å². The molecule has 0 saturated heterocycles. The van der Waals surface area contributed by atoms with Gasteiger partial charge in [0, 0.05) is 13.1 Å². The molecule has 0 aliphatic carbocycles. The number of furan rings is 1. The Balaban J connectivity index is 1.41. The number of carbonyl (C=O) groups excluding carboxylic acids is 1. The number of amides is 1. The number of carbonyl (C=O) groups is 1. The second-order valence-corrected chi connectivity index (χ2v) is 6.64. The Kier molecular flexibility index (Phi) is 4.67. The number of rotatable bonds is 4. The number of benzene rings is 2. The maximum atomic E-state index is 12.7. The van der Waals surface area contributed by atoms with Crippen LogP contribution in [0, 0.1) is 0 Å². The number of fused-ring (bicyclic) bond motifs is 1. The summed E-state index contributed by atoms with van der Waals surface area (Å²) in [5, 5.41) is 0.544. The average Bonchev–Trinajstić information content (AvgIpc) is 3.15. The van der Waals surface area contributed by atoms with Crippen LogP contribution in [0.15, 0.2) is 65.1 Å². The van der Waals surface area contributed by atoms with E-state index in [4.69, 9.17) is 20.8 Å². The molecule has 5 heteroatoms. The summed E-state index contributed by atoms with van der Waals surface area (Å²) in [6.07, 6.45) is 0.866. The van der Waals surface area contributed by atoms with Crippen LogP contribution in [-0.4, -0.2) is 17.4 Å². The maximum Gasteiger partial charge on any atom is 0.289 e. The Morgan fingerprint density at radius 3 is 2.65 bits per heavy atom. The van der Waals surface area contributed by atoms with Crippen LogP contribution in [0.3, 0.4) is 0 Å². The van der Waals surface area contributed by atoms with Crippen LogP contribution < -0.4 is 4.74 Å². The number of ether oxygens (including phenoxy) is 1. The molecular formula is C21H18ClNO3. The summed E-state index contributed by atoms with van der Waals surface area (Å²) in [4.78, 5) is 14.5. The monoisotopic (exact) mass is 367 g/mol. The predicted octanol–water partition coefficient (Wildman–Crippen LogP) is 4.71. The molecule has 4 rings (SSSR count). The van der Waals surface area contributed by atoms with E-state index in [1.807, 2.05) is 29.2 Å². The van der Waals surface area contributed by atoms with Gasteiger partial charge < -0.3 is 14.1 Å². The van der Waals surface area contributed by atoms with E-state index in [-0.39, 0.29) is 12.5 Å². The topological polar surface area (TPSA) is 42.7 Å². The first-order valence-electron chi connectivity index (χ1n) is 8.53. The number of nitrogens with zero attached hydrogens (tertiary/aromatic N) is 1. The van der Waals surface area contributed by atoms with Crippen LogP contribution in [0.25, 0.3) is 0 Å². The summed E-state index contributed by atoms with van der Waals surface area (Å²) in [6.45, 7) is 1.53. The number of halogens is 1. The highest BCUT2D eigenvalue weighted by Gasteiger charge is 2.23. The Bertz CT molecular complexity index is 934. The summed E-state index contributed by atoms with van der Waals surface area (Å²) >= 11 is 6.07. The van der Waals surface area contributed by atoms with Gasteiger partial charge in [-0.05, 0) is 41.8 Å². The minimum Gasteiger partial charge on any atom is -0.484 e. The normalized spacial score (nSPS) is 13.3. The highest BCUT2D eigenvalue weighted by Crippen LogP contribution is 2.25.